The Balaban J connectivity index is 1.17. The van der Waals surface area contributed by atoms with Gasteiger partial charge in [-0.25, -0.2) is 0 Å². The lowest BCUT2D eigenvalue weighted by Gasteiger charge is -2.16. The van der Waals surface area contributed by atoms with Gasteiger partial charge in [0.2, 0.25) is 0 Å². The number of nitriles is 1. The van der Waals surface area contributed by atoms with Crippen LogP contribution >= 0.6 is 11.3 Å². The summed E-state index contributed by atoms with van der Waals surface area (Å²) in [4.78, 5) is 0. The molecule has 13 aromatic rings. The summed E-state index contributed by atoms with van der Waals surface area (Å²) >= 11 is 1.85. The van der Waals surface area contributed by atoms with Crippen molar-refractivity contribution >= 4 is 96.9 Å². The van der Waals surface area contributed by atoms with Gasteiger partial charge in [0.05, 0.1) is 44.7 Å². The summed E-state index contributed by atoms with van der Waals surface area (Å²) in [6, 6.07) is 72.4. The molecule has 60 heavy (non-hydrogen) atoms. The van der Waals surface area contributed by atoms with Gasteiger partial charge in [-0.05, 0) is 90.0 Å². The number of para-hydroxylation sites is 4. The Morgan fingerprint density at radius 1 is 0.367 bits per heavy atom. The van der Waals surface area contributed by atoms with E-state index in [-0.39, 0.29) is 0 Å². The SMILES string of the molecule is N#Cc1ccccc1-c1cc(-n2c3ccccc3c3cc4c(cc32)sc2ccccc24)cc(-n2c3ccccc3c3c2ccc2c4ccccc4n(-c4ccccc4)c23)c1. The second kappa shape index (κ2) is 12.5. The van der Waals surface area contributed by atoms with Crippen LogP contribution in [0, 0.1) is 11.3 Å². The van der Waals surface area contributed by atoms with E-state index in [0.717, 1.165) is 50.3 Å². The highest BCUT2D eigenvalue weighted by molar-refractivity contribution is 7.25. The maximum absolute atomic E-state index is 10.4. The van der Waals surface area contributed by atoms with Crippen LogP contribution in [-0.4, -0.2) is 13.7 Å². The van der Waals surface area contributed by atoms with Crippen molar-refractivity contribution in [3.63, 3.8) is 0 Å². The Morgan fingerprint density at radius 3 is 1.73 bits per heavy atom. The summed E-state index contributed by atoms with van der Waals surface area (Å²) < 4.78 is 9.84. The smallest absolute Gasteiger partial charge is 0.0998 e. The Kier molecular flexibility index (Phi) is 6.92. The molecule has 0 atom stereocenters. The molecule has 4 heterocycles. The van der Waals surface area contributed by atoms with Crippen molar-refractivity contribution in [2.45, 2.75) is 0 Å². The second-order valence-corrected chi connectivity index (χ2v) is 16.7. The van der Waals surface area contributed by atoms with Crippen molar-refractivity contribution in [2.75, 3.05) is 0 Å². The van der Waals surface area contributed by atoms with E-state index in [0.29, 0.717) is 5.56 Å². The van der Waals surface area contributed by atoms with Crippen LogP contribution in [0.4, 0.5) is 0 Å². The largest absolute Gasteiger partial charge is 0.309 e. The van der Waals surface area contributed by atoms with Crippen LogP contribution < -0.4 is 0 Å². The van der Waals surface area contributed by atoms with Crippen molar-refractivity contribution in [3.05, 3.63) is 200 Å². The van der Waals surface area contributed by atoms with E-state index in [1.54, 1.807) is 0 Å². The number of hydrogen-bond acceptors (Lipinski definition) is 2. The van der Waals surface area contributed by atoms with Crippen LogP contribution in [0.2, 0.25) is 0 Å². The third-order valence-electron chi connectivity index (χ3n) is 12.4. The van der Waals surface area contributed by atoms with Gasteiger partial charge in [-0.3, -0.25) is 0 Å². The van der Waals surface area contributed by atoms with Gasteiger partial charge in [0.25, 0.3) is 0 Å². The fourth-order valence-corrected chi connectivity index (χ4v) is 11.1. The quantitative estimate of drug-likeness (QED) is 0.175. The molecule has 5 heteroatoms. The molecule has 0 unspecified atom stereocenters. The Morgan fingerprint density at radius 2 is 0.967 bits per heavy atom. The van der Waals surface area contributed by atoms with E-state index in [9.17, 15) is 5.26 Å². The first-order valence-corrected chi connectivity index (χ1v) is 21.1. The lowest BCUT2D eigenvalue weighted by molar-refractivity contribution is 1.13. The minimum Gasteiger partial charge on any atom is -0.309 e. The minimum atomic E-state index is 0.645. The molecule has 0 aliphatic heterocycles. The molecule has 0 N–H and O–H groups in total. The number of rotatable bonds is 4. The van der Waals surface area contributed by atoms with Crippen LogP contribution in [0.1, 0.15) is 5.56 Å². The fourth-order valence-electron chi connectivity index (χ4n) is 9.94. The van der Waals surface area contributed by atoms with Crippen LogP contribution in [0.15, 0.2) is 194 Å². The van der Waals surface area contributed by atoms with Crippen molar-refractivity contribution < 1.29 is 0 Å². The maximum Gasteiger partial charge on any atom is 0.0998 e. The highest BCUT2D eigenvalue weighted by Crippen LogP contribution is 2.45. The van der Waals surface area contributed by atoms with Gasteiger partial charge in [0.1, 0.15) is 0 Å². The number of nitrogens with zero attached hydrogens (tertiary/aromatic N) is 4. The first-order valence-electron chi connectivity index (χ1n) is 20.2. The van der Waals surface area contributed by atoms with E-state index in [4.69, 9.17) is 0 Å². The zero-order valence-electron chi connectivity index (χ0n) is 32.2. The lowest BCUT2D eigenvalue weighted by atomic mass is 9.99. The Bertz CT molecular complexity index is 3960. The van der Waals surface area contributed by atoms with E-state index < -0.39 is 0 Å². The van der Waals surface area contributed by atoms with E-state index in [1.165, 1.54) is 63.5 Å². The van der Waals surface area contributed by atoms with Gasteiger partial charge in [0.15, 0.2) is 0 Å². The molecule has 0 saturated carbocycles. The van der Waals surface area contributed by atoms with Gasteiger partial charge >= 0.3 is 0 Å². The van der Waals surface area contributed by atoms with Gasteiger partial charge < -0.3 is 13.7 Å². The Hall–Kier alpha value is -7.91. The minimum absolute atomic E-state index is 0.645. The first kappa shape index (κ1) is 33.1. The van der Waals surface area contributed by atoms with Crippen LogP contribution in [0.25, 0.3) is 114 Å². The lowest BCUT2D eigenvalue weighted by Crippen LogP contribution is -2.00. The molecule has 0 amide bonds. The fraction of sp³-hybridized carbons (Fsp3) is 0. The summed E-state index contributed by atoms with van der Waals surface area (Å²) in [5.74, 6) is 0. The van der Waals surface area contributed by atoms with Crippen molar-refractivity contribution in [2.24, 2.45) is 0 Å². The molecule has 0 spiro atoms. The van der Waals surface area contributed by atoms with Crippen molar-refractivity contribution in [3.8, 4) is 34.3 Å². The first-order chi connectivity index (χ1) is 29.7. The average Bonchev–Trinajstić information content (AvgIpc) is 4.04. The molecule has 0 saturated heterocycles. The normalized spacial score (nSPS) is 12.0. The van der Waals surface area contributed by atoms with Crippen LogP contribution in [0.5, 0.6) is 0 Å². The average molecular weight is 781 g/mol. The number of fused-ring (bicyclic) bond motifs is 13. The number of thiophene rings is 1. The van der Waals surface area contributed by atoms with Gasteiger partial charge in [-0.2, -0.15) is 5.26 Å². The third kappa shape index (κ3) is 4.59. The summed E-state index contributed by atoms with van der Waals surface area (Å²) in [6.45, 7) is 0. The summed E-state index contributed by atoms with van der Waals surface area (Å²) in [5, 5.41) is 20.3. The molecular weight excluding hydrogens is 749 g/mol. The topological polar surface area (TPSA) is 38.6 Å². The highest BCUT2D eigenvalue weighted by atomic mass is 32.1. The van der Waals surface area contributed by atoms with Gasteiger partial charge in [-0.15, -0.1) is 11.3 Å². The number of hydrogen-bond donors (Lipinski definition) is 0. The van der Waals surface area contributed by atoms with E-state index >= 15 is 0 Å². The van der Waals surface area contributed by atoms with Gasteiger partial charge in [-0.1, -0.05) is 115 Å². The van der Waals surface area contributed by atoms with E-state index in [1.807, 2.05) is 29.5 Å². The highest BCUT2D eigenvalue weighted by Gasteiger charge is 2.23. The number of benzene rings is 9. The van der Waals surface area contributed by atoms with Crippen molar-refractivity contribution in [1.29, 1.82) is 5.26 Å². The molecule has 278 valence electrons. The molecule has 0 bridgehead atoms. The van der Waals surface area contributed by atoms with E-state index in [2.05, 4.69) is 196 Å². The monoisotopic (exact) mass is 780 g/mol. The Labute approximate surface area is 348 Å². The molecular formula is C55H32N4S. The molecule has 9 aromatic carbocycles. The second-order valence-electron chi connectivity index (χ2n) is 15.6. The molecule has 13 rings (SSSR count). The molecule has 4 nitrogen and oxygen atoms in total. The molecule has 4 aromatic heterocycles. The molecule has 0 radical (unpaired) electrons. The molecule has 0 aliphatic carbocycles. The zero-order chi connectivity index (χ0) is 39.5. The molecule has 0 fully saturated rings. The number of aromatic nitrogens is 3. The zero-order valence-corrected chi connectivity index (χ0v) is 33.0. The van der Waals surface area contributed by atoms with Crippen LogP contribution in [-0.2, 0) is 0 Å². The van der Waals surface area contributed by atoms with Gasteiger partial charge in [0, 0.05) is 69.6 Å². The van der Waals surface area contributed by atoms with Crippen LogP contribution in [0.3, 0.4) is 0 Å². The predicted molar refractivity (Wildman–Crippen MR) is 252 cm³/mol. The summed E-state index contributed by atoms with van der Waals surface area (Å²) in [5.41, 5.74) is 12.6. The third-order valence-corrected chi connectivity index (χ3v) is 13.6. The predicted octanol–water partition coefficient (Wildman–Crippen LogP) is 14.9. The summed E-state index contributed by atoms with van der Waals surface area (Å²) in [6.07, 6.45) is 0. The summed E-state index contributed by atoms with van der Waals surface area (Å²) in [7, 11) is 0. The maximum atomic E-state index is 10.4. The van der Waals surface area contributed by atoms with Crippen molar-refractivity contribution in [1.82, 2.24) is 13.7 Å². The standard InChI is InChI=1S/C55H32N4S/c56-33-34-14-4-5-17-39(34)35-28-37(30-38(29-35)58-47-22-10-7-19-41(47)45-31-46-42-20-9-13-25-52(42)60-53(46)32-51(45)58)57-49-24-12-8-21-44(49)54-50(57)27-26-43-40-18-6-11-23-48(40)59(55(43)54)36-15-2-1-3-16-36/h1-32H. The molecule has 0 aliphatic rings.